The zero-order valence-electron chi connectivity index (χ0n) is 23.7. The van der Waals surface area contributed by atoms with Crippen molar-refractivity contribution in [2.24, 2.45) is 0 Å². The Balaban J connectivity index is 1.16. The molecule has 1 heterocycles. The molecule has 2 spiro atoms. The van der Waals surface area contributed by atoms with Gasteiger partial charge in [0.25, 0.3) is 0 Å². The molecule has 4 aliphatic rings. The fraction of sp³-hybridized carbons (Fsp3) is 0.282. The Labute approximate surface area is 242 Å². The molecule has 1 aromatic heterocycles. The van der Waals surface area contributed by atoms with E-state index in [2.05, 4.69) is 97.9 Å². The number of hydrogen-bond acceptors (Lipinski definition) is 2. The van der Waals surface area contributed by atoms with Crippen molar-refractivity contribution in [1.82, 2.24) is 9.97 Å². The molecule has 2 heteroatoms. The van der Waals surface area contributed by atoms with Crippen molar-refractivity contribution in [2.75, 3.05) is 0 Å². The minimum atomic E-state index is 0.152. The summed E-state index contributed by atoms with van der Waals surface area (Å²) in [5.74, 6) is 0.839. The minimum absolute atomic E-state index is 0.152. The lowest BCUT2D eigenvalue weighted by atomic mass is 9.76. The first-order valence-electron chi connectivity index (χ1n) is 15.5. The van der Waals surface area contributed by atoms with Crippen molar-refractivity contribution in [3.05, 3.63) is 119 Å². The highest BCUT2D eigenvalue weighted by molar-refractivity contribution is 5.85. The van der Waals surface area contributed by atoms with Gasteiger partial charge in [-0.1, -0.05) is 98.5 Å². The number of nitrogens with zero attached hydrogens (tertiary/aromatic N) is 2. The zero-order valence-corrected chi connectivity index (χ0v) is 23.7. The van der Waals surface area contributed by atoms with E-state index < -0.39 is 0 Å². The summed E-state index contributed by atoms with van der Waals surface area (Å²) >= 11 is 0. The van der Waals surface area contributed by atoms with Gasteiger partial charge in [-0.15, -0.1) is 0 Å². The number of rotatable bonds is 2. The van der Waals surface area contributed by atoms with Crippen LogP contribution in [-0.4, -0.2) is 9.97 Å². The van der Waals surface area contributed by atoms with Crippen molar-refractivity contribution in [1.29, 1.82) is 0 Å². The third-order valence-corrected chi connectivity index (χ3v) is 10.9. The van der Waals surface area contributed by atoms with Crippen LogP contribution in [0.5, 0.6) is 0 Å². The van der Waals surface area contributed by atoms with Crippen molar-refractivity contribution >= 4 is 0 Å². The molecule has 0 amide bonds. The van der Waals surface area contributed by atoms with Crippen LogP contribution in [0.2, 0.25) is 0 Å². The smallest absolute Gasteiger partial charge is 0.160 e. The fourth-order valence-electron chi connectivity index (χ4n) is 9.09. The SMILES string of the molecule is Cc1cc(-c2ccc3c(c2)C2(CCCC2)c2ccccc2-3)nc(-c2ccc3c(c2)C2(CCCC2)c2ccccc2-3)n1. The quantitative estimate of drug-likeness (QED) is 0.227. The minimum Gasteiger partial charge on any atom is -0.233 e. The van der Waals surface area contributed by atoms with Crippen LogP contribution in [-0.2, 0) is 10.8 Å². The molecule has 2 fully saturated rings. The van der Waals surface area contributed by atoms with Gasteiger partial charge < -0.3 is 0 Å². The monoisotopic (exact) mass is 530 g/mol. The summed E-state index contributed by atoms with van der Waals surface area (Å²) in [6.45, 7) is 2.11. The van der Waals surface area contributed by atoms with Gasteiger partial charge in [0.05, 0.1) is 5.69 Å². The molecule has 4 aliphatic carbocycles. The molecule has 41 heavy (non-hydrogen) atoms. The van der Waals surface area contributed by atoms with E-state index in [1.165, 1.54) is 101 Å². The largest absolute Gasteiger partial charge is 0.233 e. The molecule has 9 rings (SSSR count). The molecular weight excluding hydrogens is 496 g/mol. The van der Waals surface area contributed by atoms with E-state index in [1.807, 2.05) is 0 Å². The Morgan fingerprint density at radius 2 is 0.976 bits per heavy atom. The summed E-state index contributed by atoms with van der Waals surface area (Å²) in [6.07, 6.45) is 10.2. The average molecular weight is 531 g/mol. The molecule has 2 nitrogen and oxygen atoms in total. The zero-order chi connectivity index (χ0) is 27.2. The summed E-state index contributed by atoms with van der Waals surface area (Å²) in [5, 5.41) is 0. The number of aromatic nitrogens is 2. The third-order valence-electron chi connectivity index (χ3n) is 10.9. The predicted molar refractivity (Wildman–Crippen MR) is 167 cm³/mol. The lowest BCUT2D eigenvalue weighted by Gasteiger charge is -2.27. The van der Waals surface area contributed by atoms with Gasteiger partial charge in [-0.2, -0.15) is 0 Å². The maximum atomic E-state index is 5.24. The summed E-state index contributed by atoms with van der Waals surface area (Å²) in [6, 6.07) is 34.4. The lowest BCUT2D eigenvalue weighted by molar-refractivity contribution is 0.550. The summed E-state index contributed by atoms with van der Waals surface area (Å²) in [5.41, 5.74) is 16.4. The predicted octanol–water partition coefficient (Wildman–Crippen LogP) is 9.80. The Morgan fingerprint density at radius 3 is 1.56 bits per heavy atom. The second-order valence-electron chi connectivity index (χ2n) is 12.9. The van der Waals surface area contributed by atoms with Gasteiger partial charge in [0.2, 0.25) is 0 Å². The van der Waals surface area contributed by atoms with Crippen molar-refractivity contribution < 1.29 is 0 Å². The topological polar surface area (TPSA) is 25.8 Å². The van der Waals surface area contributed by atoms with E-state index in [1.54, 1.807) is 0 Å². The molecule has 0 aliphatic heterocycles. The van der Waals surface area contributed by atoms with Crippen molar-refractivity contribution in [3.8, 4) is 44.9 Å². The van der Waals surface area contributed by atoms with Crippen LogP contribution in [0.4, 0.5) is 0 Å². The van der Waals surface area contributed by atoms with Crippen LogP contribution >= 0.6 is 0 Å². The highest BCUT2D eigenvalue weighted by Crippen LogP contribution is 2.58. The maximum absolute atomic E-state index is 5.24. The molecule has 0 N–H and O–H groups in total. The summed E-state index contributed by atoms with van der Waals surface area (Å²) in [7, 11) is 0. The van der Waals surface area contributed by atoms with Crippen LogP contribution in [0.15, 0.2) is 91.0 Å². The first-order valence-corrected chi connectivity index (χ1v) is 15.5. The standard InChI is InChI=1S/C39H34N2/c1-25-22-36(26-14-16-30-28-10-2-4-12-32(28)38(34(30)23-26)18-6-7-19-38)41-37(40-25)27-15-17-31-29-11-3-5-13-33(29)39(35(31)24-27)20-8-9-21-39/h2-5,10-17,22-24H,6-9,18-21H2,1H3. The normalized spacial score (nSPS) is 18.5. The molecule has 200 valence electrons. The van der Waals surface area contributed by atoms with Gasteiger partial charge in [0, 0.05) is 27.7 Å². The summed E-state index contributed by atoms with van der Waals surface area (Å²) in [4.78, 5) is 10.2. The Bertz CT molecular complexity index is 1730. The summed E-state index contributed by atoms with van der Waals surface area (Å²) < 4.78 is 0. The fourth-order valence-corrected chi connectivity index (χ4v) is 9.09. The maximum Gasteiger partial charge on any atom is 0.160 e. The van der Waals surface area contributed by atoms with Crippen LogP contribution in [0.25, 0.3) is 44.9 Å². The van der Waals surface area contributed by atoms with E-state index >= 15 is 0 Å². The van der Waals surface area contributed by atoms with Crippen LogP contribution in [0.1, 0.15) is 79.3 Å². The number of benzene rings is 4. The molecule has 4 aromatic carbocycles. The van der Waals surface area contributed by atoms with E-state index in [9.17, 15) is 0 Å². The second-order valence-corrected chi connectivity index (χ2v) is 12.9. The number of fused-ring (bicyclic) bond motifs is 10. The molecule has 0 saturated heterocycles. The van der Waals surface area contributed by atoms with Crippen LogP contribution < -0.4 is 0 Å². The van der Waals surface area contributed by atoms with Gasteiger partial charge in [0.1, 0.15) is 0 Å². The first-order chi connectivity index (χ1) is 20.2. The third kappa shape index (κ3) is 3.19. The molecule has 2 saturated carbocycles. The van der Waals surface area contributed by atoms with E-state index in [4.69, 9.17) is 9.97 Å². The second kappa shape index (κ2) is 8.49. The van der Waals surface area contributed by atoms with E-state index in [0.29, 0.717) is 0 Å². The van der Waals surface area contributed by atoms with Gasteiger partial charge in [-0.3, -0.25) is 0 Å². The van der Waals surface area contributed by atoms with E-state index in [-0.39, 0.29) is 10.8 Å². The Kier molecular flexibility index (Phi) is 4.89. The number of hydrogen-bond donors (Lipinski definition) is 0. The molecule has 0 unspecified atom stereocenters. The van der Waals surface area contributed by atoms with Gasteiger partial charge in [-0.25, -0.2) is 9.97 Å². The van der Waals surface area contributed by atoms with Gasteiger partial charge >= 0.3 is 0 Å². The van der Waals surface area contributed by atoms with E-state index in [0.717, 1.165) is 22.8 Å². The highest BCUT2D eigenvalue weighted by atomic mass is 14.9. The Morgan fingerprint density at radius 1 is 0.488 bits per heavy atom. The lowest BCUT2D eigenvalue weighted by Crippen LogP contribution is -2.20. The molecule has 0 radical (unpaired) electrons. The molecule has 5 aromatic rings. The van der Waals surface area contributed by atoms with Crippen molar-refractivity contribution in [3.63, 3.8) is 0 Å². The average Bonchev–Trinajstić information content (AvgIpc) is 3.81. The number of aryl methyl sites for hydroxylation is 1. The molecular formula is C39H34N2. The van der Waals surface area contributed by atoms with Gasteiger partial charge in [-0.05, 0) is 95.3 Å². The Hall–Kier alpha value is -4.04. The van der Waals surface area contributed by atoms with Gasteiger partial charge in [0.15, 0.2) is 5.82 Å². The van der Waals surface area contributed by atoms with Crippen molar-refractivity contribution in [2.45, 2.75) is 69.1 Å². The van der Waals surface area contributed by atoms with Crippen LogP contribution in [0.3, 0.4) is 0 Å². The molecule has 0 bridgehead atoms. The molecule has 0 atom stereocenters. The van der Waals surface area contributed by atoms with Crippen LogP contribution in [0, 0.1) is 6.92 Å². The first kappa shape index (κ1) is 23.6. The highest BCUT2D eigenvalue weighted by Gasteiger charge is 2.46.